The second-order valence-electron chi connectivity index (χ2n) is 5.63. The van der Waals surface area contributed by atoms with Crippen LogP contribution in [0, 0.1) is 5.82 Å². The molecule has 0 bridgehead atoms. The number of anilines is 3. The molecule has 0 aliphatic heterocycles. The van der Waals surface area contributed by atoms with Crippen LogP contribution in [0.15, 0.2) is 52.9 Å². The average molecular weight is 419 g/mol. The molecule has 0 aliphatic rings. The van der Waals surface area contributed by atoms with Gasteiger partial charge in [0.1, 0.15) is 11.6 Å². The van der Waals surface area contributed by atoms with E-state index >= 15 is 0 Å². The van der Waals surface area contributed by atoms with Gasteiger partial charge in [-0.05, 0) is 43.3 Å². The molecule has 3 aromatic rings. The molecule has 1 heterocycles. The first-order valence-corrected chi connectivity index (χ1v) is 10.3. The molecular weight excluding hydrogens is 399 g/mol. The van der Waals surface area contributed by atoms with Crippen LogP contribution in [0.2, 0.25) is 0 Å². The van der Waals surface area contributed by atoms with Crippen molar-refractivity contribution in [3.8, 4) is 5.75 Å². The Labute approximate surface area is 170 Å². The number of rotatable bonds is 8. The third-order valence-electron chi connectivity index (χ3n) is 3.80. The Balaban J connectivity index is 1.58. The fourth-order valence-electron chi connectivity index (χ4n) is 2.47. The zero-order valence-corrected chi connectivity index (χ0v) is 17.0. The number of thioether (sulfide) groups is 1. The van der Waals surface area contributed by atoms with Crippen LogP contribution in [0.4, 0.5) is 20.9 Å². The van der Waals surface area contributed by atoms with Crippen LogP contribution in [0.5, 0.6) is 5.75 Å². The monoisotopic (exact) mass is 418 g/mol. The van der Waals surface area contributed by atoms with Gasteiger partial charge in [-0.1, -0.05) is 29.2 Å². The second kappa shape index (κ2) is 9.52. The minimum absolute atomic E-state index is 0.0726. The molecule has 0 saturated carbocycles. The maximum absolute atomic E-state index is 13.1. The van der Waals surface area contributed by atoms with Crippen molar-refractivity contribution in [2.45, 2.75) is 11.3 Å². The third-order valence-corrected chi connectivity index (χ3v) is 5.76. The number of ether oxygens (including phenoxy) is 1. The number of nitrogens with zero attached hydrogens (tertiary/aromatic N) is 3. The van der Waals surface area contributed by atoms with E-state index in [0.717, 1.165) is 11.4 Å². The van der Waals surface area contributed by atoms with E-state index < -0.39 is 0 Å². The molecule has 0 fully saturated rings. The van der Waals surface area contributed by atoms with E-state index in [1.54, 1.807) is 24.1 Å². The van der Waals surface area contributed by atoms with Gasteiger partial charge >= 0.3 is 0 Å². The van der Waals surface area contributed by atoms with Gasteiger partial charge in [-0.15, -0.1) is 10.2 Å². The Bertz CT molecular complexity index is 934. The summed E-state index contributed by atoms with van der Waals surface area (Å²) in [5.74, 6) is 0.567. The van der Waals surface area contributed by atoms with Crippen molar-refractivity contribution >= 4 is 45.5 Å². The molecule has 9 heteroatoms. The highest BCUT2D eigenvalue weighted by molar-refractivity contribution is 8.01. The molecular formula is C19H19FN4O2S2. The molecule has 3 rings (SSSR count). The first-order valence-electron chi connectivity index (χ1n) is 8.52. The van der Waals surface area contributed by atoms with E-state index in [1.165, 1.54) is 35.2 Å². The first kappa shape index (κ1) is 20.1. The van der Waals surface area contributed by atoms with E-state index in [1.807, 2.05) is 31.2 Å². The predicted octanol–water partition coefficient (Wildman–Crippen LogP) is 4.57. The molecule has 1 amide bonds. The fraction of sp³-hybridized carbons (Fsp3) is 0.211. The van der Waals surface area contributed by atoms with E-state index in [2.05, 4.69) is 15.5 Å². The van der Waals surface area contributed by atoms with Gasteiger partial charge in [-0.25, -0.2) is 4.39 Å². The number of carbonyl (C=O) groups excluding carboxylic acids is 1. The van der Waals surface area contributed by atoms with Crippen LogP contribution in [0.25, 0.3) is 0 Å². The summed E-state index contributed by atoms with van der Waals surface area (Å²) in [5, 5.41) is 12.0. The molecule has 0 radical (unpaired) electrons. The fourth-order valence-corrected chi connectivity index (χ4v) is 4.12. The summed E-state index contributed by atoms with van der Waals surface area (Å²) < 4.78 is 19.0. The minimum Gasteiger partial charge on any atom is -0.497 e. The molecule has 2 aromatic carbocycles. The Morgan fingerprint density at radius 2 is 2.04 bits per heavy atom. The molecule has 6 nitrogen and oxygen atoms in total. The summed E-state index contributed by atoms with van der Waals surface area (Å²) >= 11 is 2.69. The van der Waals surface area contributed by atoms with Crippen LogP contribution in [0.3, 0.4) is 0 Å². The molecule has 1 aromatic heterocycles. The number of hydrogen-bond acceptors (Lipinski definition) is 7. The van der Waals surface area contributed by atoms with Crippen LogP contribution >= 0.6 is 23.1 Å². The minimum atomic E-state index is -0.327. The van der Waals surface area contributed by atoms with Crippen molar-refractivity contribution in [3.05, 3.63) is 54.3 Å². The van der Waals surface area contributed by atoms with E-state index in [4.69, 9.17) is 4.74 Å². The summed E-state index contributed by atoms with van der Waals surface area (Å²) in [6, 6.07) is 13.4. The number of amides is 1. The highest BCUT2D eigenvalue weighted by atomic mass is 32.2. The summed E-state index contributed by atoms with van der Waals surface area (Å²) in [6.07, 6.45) is 0. The van der Waals surface area contributed by atoms with Gasteiger partial charge in [0.25, 0.3) is 0 Å². The second-order valence-corrected chi connectivity index (χ2v) is 7.83. The number of carbonyl (C=O) groups is 1. The van der Waals surface area contributed by atoms with E-state index in [-0.39, 0.29) is 17.5 Å². The molecule has 0 saturated heterocycles. The first-order chi connectivity index (χ1) is 13.6. The molecule has 0 spiro atoms. The smallest absolute Gasteiger partial charge is 0.237 e. The van der Waals surface area contributed by atoms with Gasteiger partial charge in [0.2, 0.25) is 11.0 Å². The van der Waals surface area contributed by atoms with E-state index in [9.17, 15) is 9.18 Å². The van der Waals surface area contributed by atoms with Crippen molar-refractivity contribution in [2.24, 2.45) is 0 Å². The van der Waals surface area contributed by atoms with Crippen LogP contribution in [0.1, 0.15) is 6.92 Å². The maximum atomic E-state index is 13.1. The molecule has 146 valence electrons. The van der Waals surface area contributed by atoms with Crippen molar-refractivity contribution in [1.82, 2.24) is 10.2 Å². The maximum Gasteiger partial charge on any atom is 0.237 e. The highest BCUT2D eigenvalue weighted by Crippen LogP contribution is 2.29. The standard InChI is InChI=1S/C19H19FN4O2S2/c1-3-24(15-9-7-13(20)8-10-15)17(25)12-27-19-23-22-18(28-19)21-14-5-4-6-16(11-14)26-2/h4-11H,3,12H2,1-2H3,(H,21,22). The van der Waals surface area contributed by atoms with Crippen molar-refractivity contribution in [2.75, 3.05) is 29.6 Å². The molecule has 28 heavy (non-hydrogen) atoms. The lowest BCUT2D eigenvalue weighted by Crippen LogP contribution is -2.32. The van der Waals surface area contributed by atoms with Gasteiger partial charge in [-0.2, -0.15) is 0 Å². The lowest BCUT2D eigenvalue weighted by atomic mass is 10.3. The molecule has 1 N–H and O–H groups in total. The number of methoxy groups -OCH3 is 1. The zero-order valence-electron chi connectivity index (χ0n) is 15.4. The zero-order chi connectivity index (χ0) is 19.9. The Morgan fingerprint density at radius 3 is 2.75 bits per heavy atom. The third kappa shape index (κ3) is 5.20. The molecule has 0 unspecified atom stereocenters. The van der Waals surface area contributed by atoms with Gasteiger partial charge in [0.15, 0.2) is 4.34 Å². The van der Waals surface area contributed by atoms with Crippen LogP contribution in [-0.2, 0) is 4.79 Å². The van der Waals surface area contributed by atoms with Crippen molar-refractivity contribution in [1.29, 1.82) is 0 Å². The number of halogens is 1. The summed E-state index contributed by atoms with van der Waals surface area (Å²) in [6.45, 7) is 2.39. The summed E-state index contributed by atoms with van der Waals surface area (Å²) in [5.41, 5.74) is 1.52. The van der Waals surface area contributed by atoms with E-state index in [0.29, 0.717) is 21.7 Å². The number of aromatic nitrogens is 2. The Hall–Kier alpha value is -2.65. The average Bonchev–Trinajstić information content (AvgIpc) is 3.16. The van der Waals surface area contributed by atoms with Crippen LogP contribution in [-0.4, -0.2) is 35.5 Å². The SMILES string of the molecule is CCN(C(=O)CSc1nnc(Nc2cccc(OC)c2)s1)c1ccc(F)cc1. The topological polar surface area (TPSA) is 67.4 Å². The van der Waals surface area contributed by atoms with Crippen LogP contribution < -0.4 is 15.0 Å². The van der Waals surface area contributed by atoms with Gasteiger partial charge in [0.05, 0.1) is 12.9 Å². The lowest BCUT2D eigenvalue weighted by Gasteiger charge is -2.20. The van der Waals surface area contributed by atoms with Gasteiger partial charge in [0, 0.05) is 24.0 Å². The van der Waals surface area contributed by atoms with Gasteiger partial charge in [-0.3, -0.25) is 4.79 Å². The molecule has 0 aliphatic carbocycles. The normalized spacial score (nSPS) is 10.5. The number of hydrogen-bond donors (Lipinski definition) is 1. The number of nitrogens with one attached hydrogen (secondary N) is 1. The summed E-state index contributed by atoms with van der Waals surface area (Å²) in [7, 11) is 1.61. The Kier molecular flexibility index (Phi) is 6.83. The highest BCUT2D eigenvalue weighted by Gasteiger charge is 2.16. The van der Waals surface area contributed by atoms with Gasteiger partial charge < -0.3 is 15.0 Å². The number of benzene rings is 2. The lowest BCUT2D eigenvalue weighted by molar-refractivity contribution is -0.116. The largest absolute Gasteiger partial charge is 0.497 e. The Morgan fingerprint density at radius 1 is 1.25 bits per heavy atom. The molecule has 0 atom stereocenters. The quantitative estimate of drug-likeness (QED) is 0.541. The van der Waals surface area contributed by atoms with Crippen molar-refractivity contribution < 1.29 is 13.9 Å². The summed E-state index contributed by atoms with van der Waals surface area (Å²) in [4.78, 5) is 14.2. The van der Waals surface area contributed by atoms with Crippen molar-refractivity contribution in [3.63, 3.8) is 0 Å². The predicted molar refractivity (Wildman–Crippen MR) is 111 cm³/mol.